The number of aryl methyl sites for hydroxylation is 1. The molecule has 0 spiro atoms. The molecular formula is C11H16BrN3O2. The summed E-state index contributed by atoms with van der Waals surface area (Å²) < 4.78 is 7.08. The van der Waals surface area contributed by atoms with Crippen molar-refractivity contribution >= 4 is 21.7 Å². The second-order valence-corrected chi connectivity index (χ2v) is 4.57. The van der Waals surface area contributed by atoms with Crippen LogP contribution in [-0.4, -0.2) is 40.7 Å². The minimum atomic E-state index is -0.0251. The summed E-state index contributed by atoms with van der Waals surface area (Å²) in [4.78, 5) is 18.4. The number of nitrogens with zero attached hydrogens (tertiary/aromatic N) is 3. The van der Waals surface area contributed by atoms with Gasteiger partial charge in [-0.3, -0.25) is 4.79 Å². The average Bonchev–Trinajstić information content (AvgIpc) is 2.39. The zero-order valence-electron chi connectivity index (χ0n) is 9.80. The van der Waals surface area contributed by atoms with E-state index in [0.717, 1.165) is 5.33 Å². The quantitative estimate of drug-likeness (QED) is 0.777. The van der Waals surface area contributed by atoms with Crippen molar-refractivity contribution in [3.05, 3.63) is 22.7 Å². The van der Waals surface area contributed by atoms with Crippen LogP contribution in [0.15, 0.2) is 17.2 Å². The number of ether oxygens (including phenoxy) is 1. The molecule has 2 heterocycles. The van der Waals surface area contributed by atoms with Crippen molar-refractivity contribution in [2.24, 2.45) is 0 Å². The zero-order chi connectivity index (χ0) is 12.3. The van der Waals surface area contributed by atoms with Gasteiger partial charge in [-0.25, -0.2) is 4.98 Å². The Kier molecular flexibility index (Phi) is 4.17. The molecule has 0 amide bonds. The third kappa shape index (κ3) is 2.52. The topological polar surface area (TPSA) is 47.4 Å². The maximum atomic E-state index is 12.2. The molecule has 1 saturated heterocycles. The standard InChI is InChI=1S/C11H16BrN3O2/c1-2-14-4-3-13-10(11(14)16)15-5-6-17-8-9(15)7-12/h3-4,9H,2,5-8H2,1H3. The third-order valence-corrected chi connectivity index (χ3v) is 3.66. The first-order valence-electron chi connectivity index (χ1n) is 5.73. The molecule has 1 fully saturated rings. The van der Waals surface area contributed by atoms with Gasteiger partial charge in [-0.05, 0) is 6.92 Å². The Bertz CT molecular complexity index is 435. The Balaban J connectivity index is 2.35. The molecule has 1 atom stereocenters. The van der Waals surface area contributed by atoms with Crippen molar-refractivity contribution in [1.82, 2.24) is 9.55 Å². The molecule has 1 aliphatic rings. The van der Waals surface area contributed by atoms with Crippen LogP contribution in [-0.2, 0) is 11.3 Å². The maximum absolute atomic E-state index is 12.2. The van der Waals surface area contributed by atoms with Crippen molar-refractivity contribution in [1.29, 1.82) is 0 Å². The number of hydrogen-bond donors (Lipinski definition) is 0. The van der Waals surface area contributed by atoms with E-state index < -0.39 is 0 Å². The van der Waals surface area contributed by atoms with Crippen LogP contribution in [0.1, 0.15) is 6.92 Å². The van der Waals surface area contributed by atoms with Gasteiger partial charge in [-0.1, -0.05) is 15.9 Å². The molecule has 1 aromatic heterocycles. The van der Waals surface area contributed by atoms with Crippen molar-refractivity contribution in [3.8, 4) is 0 Å². The van der Waals surface area contributed by atoms with Crippen LogP contribution in [0.5, 0.6) is 0 Å². The monoisotopic (exact) mass is 301 g/mol. The van der Waals surface area contributed by atoms with E-state index >= 15 is 0 Å². The van der Waals surface area contributed by atoms with E-state index in [4.69, 9.17) is 4.74 Å². The molecule has 1 aliphatic heterocycles. The van der Waals surface area contributed by atoms with E-state index in [9.17, 15) is 4.79 Å². The Hall–Kier alpha value is -0.880. The Morgan fingerprint density at radius 3 is 3.18 bits per heavy atom. The normalized spacial score (nSPS) is 20.6. The average molecular weight is 302 g/mol. The fraction of sp³-hybridized carbons (Fsp3) is 0.636. The summed E-state index contributed by atoms with van der Waals surface area (Å²) in [6, 6.07) is 0.177. The molecule has 0 bridgehead atoms. The van der Waals surface area contributed by atoms with Gasteiger partial charge in [0.2, 0.25) is 0 Å². The summed E-state index contributed by atoms with van der Waals surface area (Å²) in [5.74, 6) is 0.530. The van der Waals surface area contributed by atoms with Crippen molar-refractivity contribution in [2.45, 2.75) is 19.5 Å². The van der Waals surface area contributed by atoms with Gasteiger partial charge in [0.25, 0.3) is 5.56 Å². The van der Waals surface area contributed by atoms with Crippen LogP contribution in [0, 0.1) is 0 Å². The molecule has 94 valence electrons. The minimum absolute atomic E-state index is 0.0251. The van der Waals surface area contributed by atoms with Crippen molar-refractivity contribution in [3.63, 3.8) is 0 Å². The minimum Gasteiger partial charge on any atom is -0.377 e. The number of rotatable bonds is 3. The maximum Gasteiger partial charge on any atom is 0.293 e. The number of anilines is 1. The van der Waals surface area contributed by atoms with Crippen LogP contribution >= 0.6 is 15.9 Å². The smallest absolute Gasteiger partial charge is 0.293 e. The summed E-state index contributed by atoms with van der Waals surface area (Å²) in [5.41, 5.74) is -0.0251. The summed E-state index contributed by atoms with van der Waals surface area (Å²) >= 11 is 3.45. The predicted molar refractivity (Wildman–Crippen MR) is 69.9 cm³/mol. The van der Waals surface area contributed by atoms with Crippen LogP contribution in [0.25, 0.3) is 0 Å². The van der Waals surface area contributed by atoms with E-state index in [1.807, 2.05) is 11.8 Å². The lowest BCUT2D eigenvalue weighted by Crippen LogP contribution is -2.49. The molecule has 17 heavy (non-hydrogen) atoms. The van der Waals surface area contributed by atoms with Crippen LogP contribution < -0.4 is 10.5 Å². The second kappa shape index (κ2) is 5.64. The summed E-state index contributed by atoms with van der Waals surface area (Å²) in [7, 11) is 0. The molecule has 0 N–H and O–H groups in total. The third-order valence-electron chi connectivity index (χ3n) is 2.91. The highest BCUT2D eigenvalue weighted by molar-refractivity contribution is 9.09. The molecule has 1 aromatic rings. The van der Waals surface area contributed by atoms with E-state index in [2.05, 4.69) is 20.9 Å². The molecule has 0 saturated carbocycles. The van der Waals surface area contributed by atoms with Crippen LogP contribution in [0.4, 0.5) is 5.82 Å². The highest BCUT2D eigenvalue weighted by Crippen LogP contribution is 2.14. The van der Waals surface area contributed by atoms with Gasteiger partial charge in [0.15, 0.2) is 5.82 Å². The summed E-state index contributed by atoms with van der Waals surface area (Å²) in [5, 5.41) is 0.773. The molecule has 0 aliphatic carbocycles. The Labute approximate surface area is 109 Å². The van der Waals surface area contributed by atoms with E-state index in [-0.39, 0.29) is 11.6 Å². The highest BCUT2D eigenvalue weighted by atomic mass is 79.9. The lowest BCUT2D eigenvalue weighted by molar-refractivity contribution is 0.0998. The van der Waals surface area contributed by atoms with Gasteiger partial charge < -0.3 is 14.2 Å². The number of hydrogen-bond acceptors (Lipinski definition) is 4. The van der Waals surface area contributed by atoms with E-state index in [1.165, 1.54) is 0 Å². The lowest BCUT2D eigenvalue weighted by atomic mass is 10.2. The number of halogens is 1. The summed E-state index contributed by atoms with van der Waals surface area (Å²) in [6.45, 7) is 4.61. The molecular weight excluding hydrogens is 286 g/mol. The summed E-state index contributed by atoms with van der Waals surface area (Å²) in [6.07, 6.45) is 3.40. The Morgan fingerprint density at radius 2 is 2.47 bits per heavy atom. The lowest BCUT2D eigenvalue weighted by Gasteiger charge is -2.35. The van der Waals surface area contributed by atoms with Gasteiger partial charge in [0.1, 0.15) is 0 Å². The number of aromatic nitrogens is 2. The van der Waals surface area contributed by atoms with Gasteiger partial charge in [0.05, 0.1) is 19.3 Å². The van der Waals surface area contributed by atoms with Crippen molar-refractivity contribution in [2.75, 3.05) is 30.0 Å². The largest absolute Gasteiger partial charge is 0.377 e. The second-order valence-electron chi connectivity index (χ2n) is 3.92. The molecule has 5 nitrogen and oxygen atoms in total. The Morgan fingerprint density at radius 1 is 1.65 bits per heavy atom. The highest BCUT2D eigenvalue weighted by Gasteiger charge is 2.25. The van der Waals surface area contributed by atoms with Crippen molar-refractivity contribution < 1.29 is 4.74 Å². The van der Waals surface area contributed by atoms with E-state index in [1.54, 1.807) is 17.0 Å². The van der Waals surface area contributed by atoms with E-state index in [0.29, 0.717) is 32.1 Å². The first kappa shape index (κ1) is 12.6. The van der Waals surface area contributed by atoms with Crippen LogP contribution in [0.2, 0.25) is 0 Å². The number of alkyl halides is 1. The van der Waals surface area contributed by atoms with Gasteiger partial charge in [0, 0.05) is 30.8 Å². The zero-order valence-corrected chi connectivity index (χ0v) is 11.4. The van der Waals surface area contributed by atoms with Gasteiger partial charge in [-0.15, -0.1) is 0 Å². The SMILES string of the molecule is CCn1ccnc(N2CCOCC2CBr)c1=O. The van der Waals surface area contributed by atoms with Crippen LogP contribution in [0.3, 0.4) is 0 Å². The molecule has 2 rings (SSSR count). The fourth-order valence-corrected chi connectivity index (χ4v) is 2.48. The molecule has 1 unspecified atom stereocenters. The number of morpholine rings is 1. The van der Waals surface area contributed by atoms with Gasteiger partial charge >= 0.3 is 0 Å². The van der Waals surface area contributed by atoms with Gasteiger partial charge in [-0.2, -0.15) is 0 Å². The molecule has 0 radical (unpaired) electrons. The predicted octanol–water partition coefficient (Wildman–Crippen LogP) is 0.863. The molecule has 0 aromatic carbocycles. The molecule has 6 heteroatoms. The first-order chi connectivity index (χ1) is 8.27. The fourth-order valence-electron chi connectivity index (χ4n) is 1.94. The first-order valence-corrected chi connectivity index (χ1v) is 6.86.